The molecule has 1 amide bonds. The summed E-state index contributed by atoms with van der Waals surface area (Å²) in [6.45, 7) is 3.85. The van der Waals surface area contributed by atoms with Gasteiger partial charge < -0.3 is 10.5 Å². The number of nitrogens with two attached hydrogens (primary N) is 1. The van der Waals surface area contributed by atoms with Crippen molar-refractivity contribution in [3.05, 3.63) is 50.2 Å². The molecule has 1 aromatic carbocycles. The molecule has 116 valence electrons. The fraction of sp³-hybridized carbons (Fsp3) is 0.312. The van der Waals surface area contributed by atoms with Crippen LogP contribution in [0.5, 0.6) is 5.75 Å². The van der Waals surface area contributed by atoms with Gasteiger partial charge in [-0.15, -0.1) is 11.3 Å². The summed E-state index contributed by atoms with van der Waals surface area (Å²) in [5, 5.41) is 0.402. The molecule has 1 aromatic heterocycles. The number of nitrogens with zero attached hydrogens (tertiary/aromatic N) is 1. The fourth-order valence-corrected chi connectivity index (χ4v) is 3.98. The van der Waals surface area contributed by atoms with E-state index in [0.717, 1.165) is 13.1 Å². The van der Waals surface area contributed by atoms with Crippen molar-refractivity contribution in [2.45, 2.75) is 19.6 Å². The van der Waals surface area contributed by atoms with Gasteiger partial charge in [-0.25, -0.2) is 0 Å². The van der Waals surface area contributed by atoms with Crippen molar-refractivity contribution < 1.29 is 9.53 Å². The van der Waals surface area contributed by atoms with Crippen molar-refractivity contribution in [2.75, 3.05) is 13.6 Å². The molecule has 1 aliphatic heterocycles. The van der Waals surface area contributed by atoms with Crippen LogP contribution >= 0.6 is 22.9 Å². The molecule has 2 aromatic rings. The third-order valence-electron chi connectivity index (χ3n) is 3.66. The summed E-state index contributed by atoms with van der Waals surface area (Å²) in [5.74, 6) is 0.0750. The van der Waals surface area contributed by atoms with Crippen LogP contribution in [0, 0.1) is 6.92 Å². The molecule has 2 N–H and O–H groups in total. The lowest BCUT2D eigenvalue weighted by atomic mass is 10.1. The molecule has 0 radical (unpaired) electrons. The number of rotatable bonds is 3. The van der Waals surface area contributed by atoms with Crippen LogP contribution < -0.4 is 10.5 Å². The van der Waals surface area contributed by atoms with Crippen molar-refractivity contribution in [1.29, 1.82) is 0 Å². The zero-order chi connectivity index (χ0) is 15.9. The predicted octanol–water partition coefficient (Wildman–Crippen LogP) is 3.37. The van der Waals surface area contributed by atoms with Gasteiger partial charge in [0, 0.05) is 23.5 Å². The summed E-state index contributed by atoms with van der Waals surface area (Å²) in [6.07, 6.45) is -0.0515. The van der Waals surface area contributed by atoms with Crippen LogP contribution in [0.2, 0.25) is 5.02 Å². The molecule has 1 aliphatic rings. The van der Waals surface area contributed by atoms with E-state index >= 15 is 0 Å². The molecule has 1 atom stereocenters. The van der Waals surface area contributed by atoms with Crippen molar-refractivity contribution in [3.63, 3.8) is 0 Å². The van der Waals surface area contributed by atoms with Crippen molar-refractivity contribution in [2.24, 2.45) is 5.73 Å². The molecule has 0 aliphatic carbocycles. The lowest BCUT2D eigenvalue weighted by Crippen LogP contribution is -2.32. The zero-order valence-electron chi connectivity index (χ0n) is 12.4. The number of fused-ring (bicyclic) bond motifs is 1. The van der Waals surface area contributed by atoms with Gasteiger partial charge in [0.05, 0.1) is 9.90 Å². The van der Waals surface area contributed by atoms with Crippen molar-refractivity contribution in [3.8, 4) is 5.75 Å². The van der Waals surface area contributed by atoms with Crippen molar-refractivity contribution >= 4 is 28.8 Å². The van der Waals surface area contributed by atoms with Crippen LogP contribution in [0.1, 0.15) is 31.8 Å². The van der Waals surface area contributed by atoms with E-state index in [1.54, 1.807) is 29.5 Å². The molecule has 4 nitrogen and oxygen atoms in total. The van der Waals surface area contributed by atoms with Crippen LogP contribution in [0.4, 0.5) is 0 Å². The maximum Gasteiger partial charge on any atom is 0.248 e. The molecule has 0 bridgehead atoms. The van der Waals surface area contributed by atoms with E-state index in [9.17, 15) is 4.79 Å². The molecular weight excluding hydrogens is 320 g/mol. The number of carbonyl (C=O) groups excluding carboxylic acids is 1. The van der Waals surface area contributed by atoms with Crippen LogP contribution in [0.3, 0.4) is 0 Å². The van der Waals surface area contributed by atoms with Crippen molar-refractivity contribution in [1.82, 2.24) is 4.90 Å². The number of likely N-dealkylation sites (N-methyl/N-ethyl adjacent to an activating group) is 1. The third-order valence-corrected chi connectivity index (χ3v) is 5.14. The fourth-order valence-electron chi connectivity index (χ4n) is 2.70. The standard InChI is InChI=1S/C16H17ClN2O2S/c1-9-5-11-7-19(2)8-14(15(11)22-9)21-13-4-3-10(16(18)20)6-12(13)17/h3-6,14H,7-8H2,1-2H3,(H2,18,20). The monoisotopic (exact) mass is 336 g/mol. The van der Waals surface area contributed by atoms with Gasteiger partial charge in [0.15, 0.2) is 0 Å². The second-order valence-electron chi connectivity index (χ2n) is 5.56. The molecule has 6 heteroatoms. The first-order valence-corrected chi connectivity index (χ1v) is 8.17. The highest BCUT2D eigenvalue weighted by Gasteiger charge is 2.27. The van der Waals surface area contributed by atoms with E-state index in [-0.39, 0.29) is 6.10 Å². The SMILES string of the molecule is Cc1cc2c(s1)C(Oc1ccc(C(N)=O)cc1Cl)CN(C)C2. The number of halogens is 1. The van der Waals surface area contributed by atoms with E-state index in [4.69, 9.17) is 22.1 Å². The Morgan fingerprint density at radius 2 is 2.23 bits per heavy atom. The lowest BCUT2D eigenvalue weighted by Gasteiger charge is -2.30. The van der Waals surface area contributed by atoms with E-state index in [1.807, 2.05) is 0 Å². The van der Waals surface area contributed by atoms with Gasteiger partial charge in [0.25, 0.3) is 0 Å². The summed E-state index contributed by atoms with van der Waals surface area (Å²) in [6, 6.07) is 7.10. The highest BCUT2D eigenvalue weighted by atomic mass is 35.5. The molecule has 0 spiro atoms. The lowest BCUT2D eigenvalue weighted by molar-refractivity contribution is 0.1000. The molecule has 0 saturated carbocycles. The predicted molar refractivity (Wildman–Crippen MR) is 88.7 cm³/mol. The Labute approximate surface area is 138 Å². The first kappa shape index (κ1) is 15.3. The minimum absolute atomic E-state index is 0.0515. The second-order valence-corrected chi connectivity index (χ2v) is 7.25. The Morgan fingerprint density at radius 1 is 1.45 bits per heavy atom. The van der Waals surface area contributed by atoms with Gasteiger partial charge in [-0.3, -0.25) is 9.69 Å². The van der Waals surface area contributed by atoms with Crippen LogP contribution in [-0.4, -0.2) is 24.4 Å². The quantitative estimate of drug-likeness (QED) is 0.934. The first-order chi connectivity index (χ1) is 10.4. The highest BCUT2D eigenvalue weighted by Crippen LogP contribution is 2.37. The first-order valence-electron chi connectivity index (χ1n) is 6.98. The van der Waals surface area contributed by atoms with E-state index in [1.165, 1.54) is 15.3 Å². The summed E-state index contributed by atoms with van der Waals surface area (Å²) in [5.41, 5.74) is 6.95. The minimum atomic E-state index is -0.498. The molecule has 0 fully saturated rings. The maximum atomic E-state index is 11.2. The van der Waals surface area contributed by atoms with Gasteiger partial charge in [0.1, 0.15) is 11.9 Å². The van der Waals surface area contributed by atoms with Crippen LogP contribution in [0.25, 0.3) is 0 Å². The Hall–Kier alpha value is -1.56. The van der Waals surface area contributed by atoms with E-state index < -0.39 is 5.91 Å². The topological polar surface area (TPSA) is 55.6 Å². The number of aryl methyl sites for hydroxylation is 1. The molecule has 0 saturated heterocycles. The van der Waals surface area contributed by atoms with Gasteiger partial charge in [0.2, 0.25) is 5.91 Å². The Morgan fingerprint density at radius 3 is 2.91 bits per heavy atom. The highest BCUT2D eigenvalue weighted by molar-refractivity contribution is 7.12. The number of hydrogen-bond acceptors (Lipinski definition) is 4. The summed E-state index contributed by atoms with van der Waals surface area (Å²) in [4.78, 5) is 15.9. The Kier molecular flexibility index (Phi) is 4.12. The van der Waals surface area contributed by atoms with Gasteiger partial charge in [-0.05, 0) is 43.8 Å². The largest absolute Gasteiger partial charge is 0.482 e. The van der Waals surface area contributed by atoms with Gasteiger partial charge >= 0.3 is 0 Å². The number of thiophene rings is 1. The average molecular weight is 337 g/mol. The van der Waals surface area contributed by atoms with E-state index in [0.29, 0.717) is 16.3 Å². The minimum Gasteiger partial charge on any atom is -0.482 e. The summed E-state index contributed by atoms with van der Waals surface area (Å²) >= 11 is 7.98. The molecule has 22 heavy (non-hydrogen) atoms. The van der Waals surface area contributed by atoms with Gasteiger partial charge in [-0.2, -0.15) is 0 Å². The zero-order valence-corrected chi connectivity index (χ0v) is 14.0. The molecule has 2 heterocycles. The summed E-state index contributed by atoms with van der Waals surface area (Å²) in [7, 11) is 2.07. The molecular formula is C16H17ClN2O2S. The Bertz CT molecular complexity index is 729. The molecule has 3 rings (SSSR count). The smallest absolute Gasteiger partial charge is 0.248 e. The number of benzene rings is 1. The van der Waals surface area contributed by atoms with Crippen LogP contribution in [0.15, 0.2) is 24.3 Å². The number of amides is 1. The maximum absolute atomic E-state index is 11.2. The average Bonchev–Trinajstić information content (AvgIpc) is 2.81. The number of primary amides is 1. The number of ether oxygens (including phenoxy) is 1. The summed E-state index contributed by atoms with van der Waals surface area (Å²) < 4.78 is 6.12. The second kappa shape index (κ2) is 5.91. The normalized spacial score (nSPS) is 18.0. The number of hydrogen-bond donors (Lipinski definition) is 1. The van der Waals surface area contributed by atoms with Crippen LogP contribution in [-0.2, 0) is 6.54 Å². The molecule has 1 unspecified atom stereocenters. The van der Waals surface area contributed by atoms with E-state index in [2.05, 4.69) is 24.9 Å². The Balaban J connectivity index is 1.88. The van der Waals surface area contributed by atoms with Gasteiger partial charge in [-0.1, -0.05) is 11.6 Å². The number of carbonyl (C=O) groups is 1. The third kappa shape index (κ3) is 2.97.